The molecule has 14 nitrogen and oxygen atoms in total. The minimum Gasteiger partial charge on any atom is -0.495 e. The lowest BCUT2D eigenvalue weighted by Gasteiger charge is -2.33. The quantitative estimate of drug-likeness (QED) is 0.185. The summed E-state index contributed by atoms with van der Waals surface area (Å²) in [7, 11) is 4.65. The molecule has 2 N–H and O–H groups in total. The summed E-state index contributed by atoms with van der Waals surface area (Å²) >= 11 is 6.77. The third kappa shape index (κ3) is 10.0. The second kappa shape index (κ2) is 18.4. The zero-order valence-corrected chi connectivity index (χ0v) is 34.3. The molecule has 0 radical (unpaired) electrons. The number of esters is 1. The first-order chi connectivity index (χ1) is 26.5. The van der Waals surface area contributed by atoms with Crippen LogP contribution in [0, 0.1) is 5.92 Å². The number of likely N-dealkylation sites (tertiary alicyclic amines) is 1. The van der Waals surface area contributed by atoms with E-state index in [2.05, 4.69) is 5.32 Å². The molecule has 15 heteroatoms. The second-order valence-corrected chi connectivity index (χ2v) is 16.1. The van der Waals surface area contributed by atoms with Crippen LogP contribution in [0.3, 0.4) is 0 Å². The predicted molar refractivity (Wildman–Crippen MR) is 209 cm³/mol. The Labute approximate surface area is 334 Å². The molecule has 4 aliphatic heterocycles. The number of alkyl carbamates (subject to hydrolysis) is 1. The van der Waals surface area contributed by atoms with Gasteiger partial charge >= 0.3 is 12.1 Å². The number of ether oxygens (including phenoxy) is 4. The molecule has 308 valence electrons. The van der Waals surface area contributed by atoms with Crippen molar-refractivity contribution in [3.05, 3.63) is 46.5 Å². The number of hydrogen-bond acceptors (Lipinski definition) is 10. The lowest BCUT2D eigenvalue weighted by atomic mass is 9.85. The van der Waals surface area contributed by atoms with E-state index < -0.39 is 54.2 Å². The van der Waals surface area contributed by atoms with Gasteiger partial charge in [-0.3, -0.25) is 14.4 Å². The maximum Gasteiger partial charge on any atom is 0.407 e. The van der Waals surface area contributed by atoms with Crippen molar-refractivity contribution in [2.45, 2.75) is 134 Å². The summed E-state index contributed by atoms with van der Waals surface area (Å²) in [6.45, 7) is 7.71. The Morgan fingerprint density at radius 1 is 1.18 bits per heavy atom. The molecule has 3 unspecified atom stereocenters. The number of benzene rings is 1. The van der Waals surface area contributed by atoms with Crippen molar-refractivity contribution in [2.75, 3.05) is 32.6 Å². The number of fused-ring (bicyclic) bond motifs is 5. The minimum atomic E-state index is -1.11. The molecule has 1 aromatic carbocycles. The molecular formula is C41H57ClN4O10. The zero-order chi connectivity index (χ0) is 40.9. The Morgan fingerprint density at radius 2 is 1.93 bits per heavy atom. The van der Waals surface area contributed by atoms with E-state index >= 15 is 0 Å². The standard InChI is InChI=1S/C41H57ClN4O10/c1-24-13-10-11-14-28-22-30(54-40(52)43-28)25(2)38-41(4,56-38)32(23-36(50)45(6)29-20-27(19-24)21-31(53-7)37(29)42)55-39(51)26(3)44(5)33(47)15-9-8-12-18-46-34(48)16-17-35(46)49/h10-11,13,20-21,25-26,28,30,32,34,38,48H,8-9,12,14-19,22-23H2,1-7H3,(H,43,52)/b11-10+,24-13+/t25?,26-,28?,30-,32-,34?,38-,41-/m0/s1. The van der Waals surface area contributed by atoms with E-state index in [0.717, 1.165) is 11.1 Å². The van der Waals surface area contributed by atoms with Gasteiger partial charge in [0.05, 0.1) is 25.3 Å². The fourth-order valence-corrected chi connectivity index (χ4v) is 8.14. The molecule has 3 fully saturated rings. The SMILES string of the molecule is COc1cc2cc(c1Cl)N(C)C(=O)C[C@H](OC(=O)[C@H](C)N(C)C(=O)CCCCCN1C(=O)CCC1O)[C@]1(C)O[C@H]1C(C)[C@@H]1CC(C/C=C/C=C(\C)C2)NC(=O)O1. The van der Waals surface area contributed by atoms with Gasteiger partial charge in [0.1, 0.15) is 40.9 Å². The number of rotatable bonds is 10. The lowest BCUT2D eigenvalue weighted by Crippen LogP contribution is -2.49. The highest BCUT2D eigenvalue weighted by atomic mass is 35.5. The van der Waals surface area contributed by atoms with Gasteiger partial charge in [0.2, 0.25) is 17.7 Å². The molecule has 3 saturated heterocycles. The molecule has 0 saturated carbocycles. The normalized spacial score (nSPS) is 30.3. The summed E-state index contributed by atoms with van der Waals surface area (Å²) in [5, 5.41) is 13.1. The first-order valence-electron chi connectivity index (χ1n) is 19.6. The highest BCUT2D eigenvalue weighted by Gasteiger charge is 2.63. The van der Waals surface area contributed by atoms with Crippen LogP contribution in [-0.4, -0.2) is 115 Å². The maximum absolute atomic E-state index is 14.2. The smallest absolute Gasteiger partial charge is 0.407 e. The monoisotopic (exact) mass is 800 g/mol. The molecular weight excluding hydrogens is 744 g/mol. The van der Waals surface area contributed by atoms with Gasteiger partial charge in [-0.1, -0.05) is 48.7 Å². The number of halogens is 1. The number of unbranched alkanes of at least 4 members (excludes halogenated alkanes) is 2. The van der Waals surface area contributed by atoms with Crippen LogP contribution < -0.4 is 15.0 Å². The van der Waals surface area contributed by atoms with E-state index in [0.29, 0.717) is 69.3 Å². The van der Waals surface area contributed by atoms with Gasteiger partial charge in [0, 0.05) is 58.3 Å². The number of epoxide rings is 1. The number of nitrogens with one attached hydrogen (secondary N) is 1. The molecule has 0 aliphatic carbocycles. The van der Waals surface area contributed by atoms with Crippen molar-refractivity contribution < 1.29 is 48.0 Å². The van der Waals surface area contributed by atoms with Gasteiger partial charge in [-0.05, 0) is 64.2 Å². The molecule has 4 bridgehead atoms. The number of aliphatic hydroxyl groups excluding tert-OH is 1. The van der Waals surface area contributed by atoms with Gasteiger partial charge < -0.3 is 44.1 Å². The molecule has 8 atom stereocenters. The molecule has 5 rings (SSSR count). The van der Waals surface area contributed by atoms with Crippen LogP contribution in [0.2, 0.25) is 5.02 Å². The minimum absolute atomic E-state index is 0.0632. The fourth-order valence-electron chi connectivity index (χ4n) is 7.82. The molecule has 56 heavy (non-hydrogen) atoms. The Balaban J connectivity index is 1.34. The molecule has 4 aliphatic rings. The van der Waals surface area contributed by atoms with Crippen LogP contribution in [-0.2, 0) is 39.8 Å². The molecule has 4 heterocycles. The number of hydrogen-bond donors (Lipinski definition) is 2. The van der Waals surface area contributed by atoms with Crippen LogP contribution in [0.1, 0.15) is 91.0 Å². The number of anilines is 1. The van der Waals surface area contributed by atoms with Crippen LogP contribution in [0.4, 0.5) is 10.5 Å². The number of carbonyl (C=O) groups is 5. The van der Waals surface area contributed by atoms with Crippen molar-refractivity contribution in [1.82, 2.24) is 15.1 Å². The van der Waals surface area contributed by atoms with Gasteiger partial charge in [-0.2, -0.15) is 0 Å². The highest BCUT2D eigenvalue weighted by Crippen LogP contribution is 2.49. The number of allylic oxidation sites excluding steroid dienone is 3. The van der Waals surface area contributed by atoms with Gasteiger partial charge in [-0.25, -0.2) is 9.59 Å². The average molecular weight is 801 g/mol. The van der Waals surface area contributed by atoms with Crippen LogP contribution in [0.25, 0.3) is 0 Å². The summed E-state index contributed by atoms with van der Waals surface area (Å²) in [5.41, 5.74) is 1.24. The van der Waals surface area contributed by atoms with E-state index in [1.54, 1.807) is 20.9 Å². The van der Waals surface area contributed by atoms with Crippen LogP contribution >= 0.6 is 11.6 Å². The van der Waals surface area contributed by atoms with Crippen molar-refractivity contribution in [3.8, 4) is 5.75 Å². The first-order valence-corrected chi connectivity index (χ1v) is 20.0. The fraction of sp³-hybridized carbons (Fsp3) is 0.634. The number of methoxy groups -OCH3 is 1. The molecule has 4 amide bonds. The Kier molecular flexibility index (Phi) is 14.1. The molecule has 0 spiro atoms. The Hall–Kier alpha value is -4.14. The van der Waals surface area contributed by atoms with E-state index in [4.69, 9.17) is 30.5 Å². The van der Waals surface area contributed by atoms with Crippen LogP contribution in [0.15, 0.2) is 35.9 Å². The van der Waals surface area contributed by atoms with Crippen molar-refractivity contribution in [1.29, 1.82) is 0 Å². The van der Waals surface area contributed by atoms with Crippen molar-refractivity contribution in [3.63, 3.8) is 0 Å². The number of amides is 4. The molecule has 0 aromatic heterocycles. The van der Waals surface area contributed by atoms with Crippen molar-refractivity contribution >= 4 is 47.1 Å². The van der Waals surface area contributed by atoms with E-state index in [-0.39, 0.29) is 41.6 Å². The first kappa shape index (κ1) is 43.0. The summed E-state index contributed by atoms with van der Waals surface area (Å²) in [6, 6.07) is 2.53. The van der Waals surface area contributed by atoms with Gasteiger partial charge in [0.15, 0.2) is 0 Å². The predicted octanol–water partition coefficient (Wildman–Crippen LogP) is 5.07. The third-order valence-corrected chi connectivity index (χ3v) is 12.0. The topological polar surface area (TPSA) is 168 Å². The number of carbonyl (C=O) groups excluding carboxylic acids is 5. The maximum atomic E-state index is 14.2. The number of nitrogens with zero attached hydrogens (tertiary/aromatic N) is 3. The number of aliphatic hydroxyl groups is 1. The summed E-state index contributed by atoms with van der Waals surface area (Å²) < 4.78 is 23.8. The van der Waals surface area contributed by atoms with Gasteiger partial charge in [-0.15, -0.1) is 0 Å². The number of likely N-dealkylation sites (N-methyl/N-ethyl adjacent to an activating group) is 1. The van der Waals surface area contributed by atoms with Gasteiger partial charge in [0.25, 0.3) is 0 Å². The Morgan fingerprint density at radius 3 is 2.62 bits per heavy atom. The average Bonchev–Trinajstić information content (AvgIpc) is 3.76. The molecule has 1 aromatic rings. The Bertz CT molecular complexity index is 1720. The summed E-state index contributed by atoms with van der Waals surface area (Å²) in [5.74, 6) is -1.31. The summed E-state index contributed by atoms with van der Waals surface area (Å²) in [4.78, 5) is 70.0. The van der Waals surface area contributed by atoms with Crippen molar-refractivity contribution in [2.24, 2.45) is 5.92 Å². The van der Waals surface area contributed by atoms with Crippen LogP contribution in [0.5, 0.6) is 5.75 Å². The lowest BCUT2D eigenvalue weighted by molar-refractivity contribution is -0.162. The summed E-state index contributed by atoms with van der Waals surface area (Å²) in [6.07, 6.45) is 6.89. The second-order valence-electron chi connectivity index (χ2n) is 15.8. The van der Waals surface area contributed by atoms with E-state index in [9.17, 15) is 29.1 Å². The van der Waals surface area contributed by atoms with E-state index in [1.807, 2.05) is 44.2 Å². The third-order valence-electron chi connectivity index (χ3n) is 11.7. The highest BCUT2D eigenvalue weighted by molar-refractivity contribution is 6.35. The van der Waals surface area contributed by atoms with E-state index in [1.165, 1.54) is 28.9 Å². The zero-order valence-electron chi connectivity index (χ0n) is 33.5. The largest absolute Gasteiger partial charge is 0.495 e.